The number of nitrogen functional groups attached to an aromatic ring is 1. The molecule has 18 heavy (non-hydrogen) atoms. The van der Waals surface area contributed by atoms with Crippen LogP contribution in [0.5, 0.6) is 0 Å². The van der Waals surface area contributed by atoms with E-state index in [1.165, 1.54) is 6.26 Å². The highest BCUT2D eigenvalue weighted by Crippen LogP contribution is 2.21. The Labute approximate surface area is 107 Å². The first kappa shape index (κ1) is 12.9. The molecule has 0 bridgehead atoms. The Morgan fingerprint density at radius 2 is 2.11 bits per heavy atom. The minimum Gasteiger partial charge on any atom is -0.399 e. The van der Waals surface area contributed by atoms with Gasteiger partial charge in [-0.1, -0.05) is 6.07 Å². The molecule has 98 valence electrons. The van der Waals surface area contributed by atoms with Gasteiger partial charge in [-0.05, 0) is 24.1 Å². The van der Waals surface area contributed by atoms with Gasteiger partial charge in [-0.3, -0.25) is 4.79 Å². The van der Waals surface area contributed by atoms with Crippen LogP contribution in [0, 0.1) is 0 Å². The largest absolute Gasteiger partial charge is 0.399 e. The Morgan fingerprint density at radius 3 is 2.78 bits per heavy atom. The molecule has 0 spiro atoms. The number of amides is 1. The van der Waals surface area contributed by atoms with Crippen LogP contribution in [-0.4, -0.2) is 44.3 Å². The molecule has 0 aliphatic carbocycles. The predicted octanol–water partition coefficient (Wildman–Crippen LogP) is 0.312. The molecule has 5 nitrogen and oxygen atoms in total. The summed E-state index contributed by atoms with van der Waals surface area (Å²) in [6, 6.07) is 5.29. The summed E-state index contributed by atoms with van der Waals surface area (Å²) in [5, 5.41) is 0. The molecular weight excluding hydrogens is 252 g/mol. The highest BCUT2D eigenvalue weighted by molar-refractivity contribution is 7.90. The molecule has 0 saturated carbocycles. The first-order valence-corrected chi connectivity index (χ1v) is 7.78. The molecule has 1 aliphatic heterocycles. The van der Waals surface area contributed by atoms with Crippen LogP contribution in [-0.2, 0) is 16.3 Å². The lowest BCUT2D eigenvalue weighted by Crippen LogP contribution is -2.40. The quantitative estimate of drug-likeness (QED) is 0.800. The van der Waals surface area contributed by atoms with Crippen molar-refractivity contribution in [1.82, 2.24) is 4.90 Å². The van der Waals surface area contributed by atoms with E-state index in [0.29, 0.717) is 17.8 Å². The zero-order chi connectivity index (χ0) is 13.3. The topological polar surface area (TPSA) is 80.5 Å². The lowest BCUT2D eigenvalue weighted by atomic mass is 9.98. The van der Waals surface area contributed by atoms with Crippen molar-refractivity contribution in [3.05, 3.63) is 29.3 Å². The molecule has 6 heteroatoms. The molecule has 1 heterocycles. The summed E-state index contributed by atoms with van der Waals surface area (Å²) in [4.78, 5) is 13.7. The van der Waals surface area contributed by atoms with Gasteiger partial charge < -0.3 is 10.6 Å². The molecule has 0 radical (unpaired) electrons. The molecule has 0 saturated heterocycles. The fourth-order valence-corrected chi connectivity index (χ4v) is 2.58. The fraction of sp³-hybridized carbons (Fsp3) is 0.417. The number of nitrogens with zero attached hydrogens (tertiary/aromatic N) is 1. The summed E-state index contributed by atoms with van der Waals surface area (Å²) in [7, 11) is -3.05. The first-order valence-electron chi connectivity index (χ1n) is 5.72. The lowest BCUT2D eigenvalue weighted by Gasteiger charge is -2.28. The number of fused-ring (bicyclic) bond motifs is 1. The molecule has 0 aromatic heterocycles. The standard InChI is InChI=1S/C12H16N2O3S/c1-18(16,17)7-6-14-5-4-9-2-3-10(13)8-11(9)12(14)15/h2-3,8H,4-7,13H2,1H3. The molecule has 2 rings (SSSR count). The lowest BCUT2D eigenvalue weighted by molar-refractivity contribution is 0.0750. The van der Waals surface area contributed by atoms with Crippen molar-refractivity contribution >= 4 is 21.4 Å². The highest BCUT2D eigenvalue weighted by Gasteiger charge is 2.24. The maximum atomic E-state index is 12.2. The van der Waals surface area contributed by atoms with Crippen molar-refractivity contribution < 1.29 is 13.2 Å². The average Bonchev–Trinajstić information content (AvgIpc) is 2.28. The highest BCUT2D eigenvalue weighted by atomic mass is 32.2. The van der Waals surface area contributed by atoms with E-state index in [9.17, 15) is 13.2 Å². The SMILES string of the molecule is CS(=O)(=O)CCN1CCc2ccc(N)cc2C1=O. The van der Waals surface area contributed by atoms with Crippen LogP contribution in [0.1, 0.15) is 15.9 Å². The summed E-state index contributed by atoms with van der Waals surface area (Å²) in [6.45, 7) is 0.803. The third-order valence-electron chi connectivity index (χ3n) is 3.03. The van der Waals surface area contributed by atoms with Crippen molar-refractivity contribution in [2.45, 2.75) is 6.42 Å². The third-order valence-corrected chi connectivity index (χ3v) is 3.96. The van der Waals surface area contributed by atoms with E-state index in [4.69, 9.17) is 5.73 Å². The number of rotatable bonds is 3. The van der Waals surface area contributed by atoms with Crippen LogP contribution in [0.25, 0.3) is 0 Å². The number of sulfone groups is 1. The van der Waals surface area contributed by atoms with Crippen molar-refractivity contribution in [2.24, 2.45) is 0 Å². The van der Waals surface area contributed by atoms with E-state index in [0.717, 1.165) is 12.0 Å². The zero-order valence-electron chi connectivity index (χ0n) is 10.2. The maximum absolute atomic E-state index is 12.2. The normalized spacial score (nSPS) is 15.6. The van der Waals surface area contributed by atoms with Gasteiger partial charge in [0.05, 0.1) is 5.75 Å². The molecule has 0 unspecified atom stereocenters. The summed E-state index contributed by atoms with van der Waals surface area (Å²) < 4.78 is 22.2. The molecule has 1 amide bonds. The van der Waals surface area contributed by atoms with Gasteiger partial charge in [0, 0.05) is 30.6 Å². The number of benzene rings is 1. The summed E-state index contributed by atoms with van der Waals surface area (Å²) in [6.07, 6.45) is 1.92. The number of carbonyl (C=O) groups is 1. The summed E-state index contributed by atoms with van der Waals surface area (Å²) >= 11 is 0. The number of carbonyl (C=O) groups excluding carboxylic acids is 1. The van der Waals surface area contributed by atoms with Gasteiger partial charge in [0.25, 0.3) is 5.91 Å². The molecule has 1 aliphatic rings. The van der Waals surface area contributed by atoms with Crippen molar-refractivity contribution in [2.75, 3.05) is 30.8 Å². The van der Waals surface area contributed by atoms with Gasteiger partial charge in [-0.2, -0.15) is 0 Å². The fourth-order valence-electron chi connectivity index (χ4n) is 2.03. The minimum atomic E-state index is -3.05. The second-order valence-corrected chi connectivity index (χ2v) is 6.85. The van der Waals surface area contributed by atoms with Gasteiger partial charge in [0.2, 0.25) is 0 Å². The van der Waals surface area contributed by atoms with Crippen molar-refractivity contribution in [1.29, 1.82) is 0 Å². The minimum absolute atomic E-state index is 0.00358. The Kier molecular flexibility index (Phi) is 3.30. The van der Waals surface area contributed by atoms with E-state index in [1.807, 2.05) is 6.07 Å². The van der Waals surface area contributed by atoms with Crippen molar-refractivity contribution in [3.63, 3.8) is 0 Å². The molecule has 2 N–H and O–H groups in total. The summed E-state index contributed by atoms with van der Waals surface area (Å²) in [5.41, 5.74) is 7.78. The Morgan fingerprint density at radius 1 is 1.39 bits per heavy atom. The average molecular weight is 268 g/mol. The van der Waals surface area contributed by atoms with Crippen molar-refractivity contribution in [3.8, 4) is 0 Å². The number of nitrogens with two attached hydrogens (primary N) is 1. The Balaban J connectivity index is 2.17. The molecule has 0 atom stereocenters. The van der Waals surface area contributed by atoms with E-state index in [-0.39, 0.29) is 18.2 Å². The second-order valence-electron chi connectivity index (χ2n) is 4.59. The van der Waals surface area contributed by atoms with Gasteiger partial charge in [-0.15, -0.1) is 0 Å². The number of anilines is 1. The molecule has 0 fully saturated rings. The van der Waals surface area contributed by atoms with E-state index >= 15 is 0 Å². The van der Waals surface area contributed by atoms with E-state index in [2.05, 4.69) is 0 Å². The van der Waals surface area contributed by atoms with Gasteiger partial charge >= 0.3 is 0 Å². The van der Waals surface area contributed by atoms with Crippen LogP contribution in [0.3, 0.4) is 0 Å². The van der Waals surface area contributed by atoms with Crippen LogP contribution >= 0.6 is 0 Å². The van der Waals surface area contributed by atoms with E-state index in [1.54, 1.807) is 17.0 Å². The summed E-state index contributed by atoms with van der Waals surface area (Å²) in [5.74, 6) is -0.136. The predicted molar refractivity (Wildman–Crippen MR) is 70.2 cm³/mol. The zero-order valence-corrected chi connectivity index (χ0v) is 11.0. The van der Waals surface area contributed by atoms with Crippen LogP contribution in [0.4, 0.5) is 5.69 Å². The maximum Gasteiger partial charge on any atom is 0.254 e. The second kappa shape index (κ2) is 4.61. The van der Waals surface area contributed by atoms with Gasteiger partial charge in [-0.25, -0.2) is 8.42 Å². The Hall–Kier alpha value is -1.56. The third kappa shape index (κ3) is 2.81. The molecule has 1 aromatic carbocycles. The first-order chi connectivity index (χ1) is 8.37. The number of hydrogen-bond donors (Lipinski definition) is 1. The van der Waals surface area contributed by atoms with E-state index < -0.39 is 9.84 Å². The molecule has 1 aromatic rings. The monoisotopic (exact) mass is 268 g/mol. The van der Waals surface area contributed by atoms with Crippen LogP contribution in [0.15, 0.2) is 18.2 Å². The van der Waals surface area contributed by atoms with Gasteiger partial charge in [0.15, 0.2) is 0 Å². The van der Waals surface area contributed by atoms with Crippen LogP contribution in [0.2, 0.25) is 0 Å². The number of hydrogen-bond acceptors (Lipinski definition) is 4. The van der Waals surface area contributed by atoms with Crippen LogP contribution < -0.4 is 5.73 Å². The van der Waals surface area contributed by atoms with Gasteiger partial charge in [0.1, 0.15) is 9.84 Å². The molecular formula is C12H16N2O3S. The Bertz CT molecular complexity index is 581. The smallest absolute Gasteiger partial charge is 0.254 e.